The average Bonchev–Trinajstić information content (AvgIpc) is 2.42. The summed E-state index contributed by atoms with van der Waals surface area (Å²) in [5.41, 5.74) is 3.61. The number of hydrazine groups is 2. The third kappa shape index (κ3) is 3.55. The largest absolute Gasteiger partial charge is 0.504 e. The van der Waals surface area contributed by atoms with Crippen molar-refractivity contribution in [1.29, 1.82) is 0 Å². The van der Waals surface area contributed by atoms with Crippen molar-refractivity contribution >= 4 is 11.8 Å². The molecule has 0 saturated carbocycles. The van der Waals surface area contributed by atoms with Crippen molar-refractivity contribution in [3.05, 3.63) is 23.8 Å². The van der Waals surface area contributed by atoms with Crippen molar-refractivity contribution in [2.24, 2.45) is 11.7 Å². The van der Waals surface area contributed by atoms with Gasteiger partial charge in [-0.1, -0.05) is 12.1 Å². The third-order valence-corrected chi connectivity index (χ3v) is 2.25. The van der Waals surface area contributed by atoms with Gasteiger partial charge >= 0.3 is 0 Å². The van der Waals surface area contributed by atoms with E-state index in [4.69, 9.17) is 16.4 Å². The van der Waals surface area contributed by atoms with Gasteiger partial charge in [0.05, 0.1) is 0 Å². The first-order chi connectivity index (χ1) is 9.01. The van der Waals surface area contributed by atoms with Crippen molar-refractivity contribution in [3.63, 3.8) is 0 Å². The zero-order valence-corrected chi connectivity index (χ0v) is 9.79. The van der Waals surface area contributed by atoms with E-state index in [0.717, 1.165) is 0 Å². The molecule has 0 heterocycles. The summed E-state index contributed by atoms with van der Waals surface area (Å²) in [7, 11) is 0. The Hall–Kier alpha value is -2.36. The molecule has 0 radical (unpaired) electrons. The molecule has 1 aromatic carbocycles. The minimum atomic E-state index is -1.37. The van der Waals surface area contributed by atoms with Gasteiger partial charge in [-0.3, -0.25) is 20.4 Å². The Morgan fingerprint density at radius 1 is 1.26 bits per heavy atom. The molecule has 104 valence electrons. The van der Waals surface area contributed by atoms with Gasteiger partial charge in [-0.25, -0.2) is 11.7 Å². The fourth-order valence-corrected chi connectivity index (χ4v) is 1.34. The molecule has 1 atom stereocenters. The van der Waals surface area contributed by atoms with Gasteiger partial charge in [-0.05, 0) is 6.07 Å². The first-order valence-electron chi connectivity index (χ1n) is 5.13. The first-order valence-corrected chi connectivity index (χ1v) is 5.13. The van der Waals surface area contributed by atoms with Crippen LogP contribution in [-0.4, -0.2) is 28.6 Å². The Morgan fingerprint density at radius 2 is 1.95 bits per heavy atom. The fraction of sp³-hybridized carbons (Fsp3) is 0.200. The molecule has 1 unspecified atom stereocenters. The maximum atomic E-state index is 11.6. The van der Waals surface area contributed by atoms with Gasteiger partial charge in [0.2, 0.25) is 0 Å². The monoisotopic (exact) mass is 270 g/mol. The van der Waals surface area contributed by atoms with Crippen molar-refractivity contribution in [2.45, 2.75) is 6.10 Å². The number of para-hydroxylation sites is 1. The Morgan fingerprint density at radius 3 is 2.53 bits per heavy atom. The van der Waals surface area contributed by atoms with Crippen molar-refractivity contribution in [1.82, 2.24) is 10.9 Å². The van der Waals surface area contributed by atoms with E-state index < -0.39 is 36.0 Å². The lowest BCUT2D eigenvalue weighted by Crippen LogP contribution is -2.39. The van der Waals surface area contributed by atoms with Crippen LogP contribution in [0.15, 0.2) is 18.2 Å². The first kappa shape index (κ1) is 14.7. The molecule has 0 spiro atoms. The van der Waals surface area contributed by atoms with Crippen LogP contribution in [0.4, 0.5) is 0 Å². The maximum absolute atomic E-state index is 11.6. The summed E-state index contributed by atoms with van der Waals surface area (Å²) in [4.78, 5) is 22.5. The Balaban J connectivity index is 3.00. The van der Waals surface area contributed by atoms with Gasteiger partial charge in [0.25, 0.3) is 11.8 Å². The van der Waals surface area contributed by atoms with Gasteiger partial charge in [0, 0.05) is 5.56 Å². The fourth-order valence-electron chi connectivity index (χ4n) is 1.34. The number of amides is 2. The van der Waals surface area contributed by atoms with Crippen LogP contribution in [0.5, 0.6) is 11.5 Å². The van der Waals surface area contributed by atoms with E-state index in [1.807, 2.05) is 10.9 Å². The van der Waals surface area contributed by atoms with Gasteiger partial charge in [0.15, 0.2) is 17.6 Å². The van der Waals surface area contributed by atoms with E-state index in [2.05, 4.69) is 0 Å². The second kappa shape index (κ2) is 6.54. The molecule has 1 aromatic rings. The number of aromatic hydroxyl groups is 2. The number of benzene rings is 1. The Bertz CT molecular complexity index is 479. The Labute approximate surface area is 108 Å². The molecular formula is C10H14N4O5. The van der Waals surface area contributed by atoms with E-state index in [1.165, 1.54) is 18.2 Å². The van der Waals surface area contributed by atoms with Crippen LogP contribution in [0.2, 0.25) is 0 Å². The second-order valence-electron chi connectivity index (χ2n) is 3.48. The quantitative estimate of drug-likeness (QED) is 0.158. The summed E-state index contributed by atoms with van der Waals surface area (Å²) in [6.07, 6.45) is -1.37. The number of carbonyl (C=O) groups is 2. The number of nitrogens with one attached hydrogen (secondary N) is 2. The van der Waals surface area contributed by atoms with Gasteiger partial charge < -0.3 is 14.9 Å². The van der Waals surface area contributed by atoms with Crippen LogP contribution in [0.1, 0.15) is 11.7 Å². The predicted molar refractivity (Wildman–Crippen MR) is 63.1 cm³/mol. The van der Waals surface area contributed by atoms with E-state index in [1.54, 1.807) is 0 Å². The standard InChI is InChI=1S/C10H14N4O5/c11-13-7(16)4-19-9(10(18)14-12)5-2-1-3-6(15)8(5)17/h1-3,9,15,17H,4,11-12H2,(H,13,16)(H,14,18). The lowest BCUT2D eigenvalue weighted by molar-refractivity contribution is -0.138. The van der Waals surface area contributed by atoms with Gasteiger partial charge in [-0.2, -0.15) is 0 Å². The molecule has 2 amide bonds. The van der Waals surface area contributed by atoms with Crippen LogP contribution in [0, 0.1) is 0 Å². The third-order valence-electron chi connectivity index (χ3n) is 2.25. The van der Waals surface area contributed by atoms with Crippen LogP contribution < -0.4 is 22.5 Å². The maximum Gasteiger partial charge on any atom is 0.267 e. The van der Waals surface area contributed by atoms with Gasteiger partial charge in [-0.15, -0.1) is 0 Å². The van der Waals surface area contributed by atoms with Gasteiger partial charge in [0.1, 0.15) is 6.61 Å². The molecule has 19 heavy (non-hydrogen) atoms. The highest BCUT2D eigenvalue weighted by Crippen LogP contribution is 2.34. The van der Waals surface area contributed by atoms with Crippen LogP contribution in [0.3, 0.4) is 0 Å². The number of phenolic OH excluding ortho intramolecular Hbond substituents is 2. The van der Waals surface area contributed by atoms with Crippen LogP contribution >= 0.6 is 0 Å². The van der Waals surface area contributed by atoms with Crippen molar-refractivity contribution < 1.29 is 24.5 Å². The minimum absolute atomic E-state index is 0.0345. The molecule has 0 bridgehead atoms. The molecule has 0 aliphatic heterocycles. The lowest BCUT2D eigenvalue weighted by Gasteiger charge is -2.17. The van der Waals surface area contributed by atoms with Crippen molar-refractivity contribution in [2.75, 3.05) is 6.61 Å². The lowest BCUT2D eigenvalue weighted by atomic mass is 10.1. The summed E-state index contributed by atoms with van der Waals surface area (Å²) >= 11 is 0. The van der Waals surface area contributed by atoms with Crippen LogP contribution in [0.25, 0.3) is 0 Å². The highest BCUT2D eigenvalue weighted by Gasteiger charge is 2.25. The number of hydrogen-bond acceptors (Lipinski definition) is 7. The SMILES string of the molecule is NNC(=O)COC(C(=O)NN)c1cccc(O)c1O. The number of rotatable bonds is 5. The minimum Gasteiger partial charge on any atom is -0.504 e. The molecule has 0 saturated heterocycles. The number of ether oxygens (including phenoxy) is 1. The summed E-state index contributed by atoms with van der Waals surface area (Å²) < 4.78 is 5.01. The topological polar surface area (TPSA) is 160 Å². The van der Waals surface area contributed by atoms with E-state index in [-0.39, 0.29) is 5.56 Å². The normalized spacial score (nSPS) is 11.7. The molecule has 8 N–H and O–H groups in total. The molecule has 9 nitrogen and oxygen atoms in total. The average molecular weight is 270 g/mol. The summed E-state index contributed by atoms with van der Waals surface area (Å²) in [5, 5.41) is 19.0. The van der Waals surface area contributed by atoms with Crippen LogP contribution in [-0.2, 0) is 14.3 Å². The highest BCUT2D eigenvalue weighted by atomic mass is 16.5. The number of carbonyl (C=O) groups excluding carboxylic acids is 2. The molecule has 0 fully saturated rings. The number of phenols is 2. The summed E-state index contributed by atoms with van der Waals surface area (Å²) in [6.45, 7) is -0.524. The zero-order valence-electron chi connectivity index (χ0n) is 9.79. The van der Waals surface area contributed by atoms with E-state index >= 15 is 0 Å². The molecule has 0 aliphatic rings. The van der Waals surface area contributed by atoms with Crippen molar-refractivity contribution in [3.8, 4) is 11.5 Å². The summed E-state index contributed by atoms with van der Waals surface area (Å²) in [5.74, 6) is 7.41. The predicted octanol–water partition coefficient (Wildman–Crippen LogP) is -1.86. The number of hydrogen-bond donors (Lipinski definition) is 6. The smallest absolute Gasteiger partial charge is 0.267 e. The molecule has 9 heteroatoms. The molecule has 0 aliphatic carbocycles. The van der Waals surface area contributed by atoms with E-state index in [9.17, 15) is 19.8 Å². The molecular weight excluding hydrogens is 256 g/mol. The Kier molecular flexibility index (Phi) is 5.06. The second-order valence-corrected chi connectivity index (χ2v) is 3.48. The molecule has 0 aromatic heterocycles. The highest BCUT2D eigenvalue weighted by molar-refractivity contribution is 5.83. The number of nitrogens with two attached hydrogens (primary N) is 2. The summed E-state index contributed by atoms with van der Waals surface area (Å²) in [6, 6.07) is 3.96. The zero-order chi connectivity index (χ0) is 14.4. The van der Waals surface area contributed by atoms with E-state index in [0.29, 0.717) is 0 Å². The molecule has 1 rings (SSSR count).